The van der Waals surface area contributed by atoms with Crippen molar-refractivity contribution in [3.05, 3.63) is 84.2 Å². The molecule has 0 saturated carbocycles. The zero-order valence-corrected chi connectivity index (χ0v) is 23.4. The molecule has 2 aromatic carbocycles. The van der Waals surface area contributed by atoms with Crippen molar-refractivity contribution in [2.45, 2.75) is 37.3 Å². The number of ether oxygens (including phenoxy) is 1. The molecule has 1 amide bonds. The molecule has 11 heteroatoms. The summed E-state index contributed by atoms with van der Waals surface area (Å²) in [5, 5.41) is 24.7. The minimum Gasteiger partial charge on any atom is -0.508 e. The maximum absolute atomic E-state index is 13.6. The fraction of sp³-hybridized carbons (Fsp3) is 0.310. The second kappa shape index (κ2) is 12.5. The number of aromatic nitrogens is 2. The number of aromatic hydroxyl groups is 1. The number of H-pyrrole nitrogens is 1. The van der Waals surface area contributed by atoms with E-state index in [4.69, 9.17) is 4.74 Å². The van der Waals surface area contributed by atoms with Crippen LogP contribution in [0.3, 0.4) is 0 Å². The van der Waals surface area contributed by atoms with E-state index < -0.39 is 28.1 Å². The third kappa shape index (κ3) is 6.98. The number of rotatable bonds is 12. The number of nitrogens with zero attached hydrogens (tertiary/aromatic N) is 2. The number of hydrogen-bond donors (Lipinski definition) is 4. The van der Waals surface area contributed by atoms with Gasteiger partial charge in [0, 0.05) is 30.1 Å². The molecule has 4 rings (SSSR count). The van der Waals surface area contributed by atoms with E-state index in [2.05, 4.69) is 15.3 Å². The van der Waals surface area contributed by atoms with E-state index >= 15 is 0 Å². The molecule has 2 heterocycles. The standard InChI is InChI=1S/C29H34N4O6S/c1-19(2)17-33(40(37,38)23-10-12-28(39-3)30-16-23)18-27(35)25(13-20-7-5-4-6-8-20)32-29(36)26-15-21-14-22(34)9-11-24(21)31-26/h4-12,14-16,19,25,27,31,34-35H,13,17-18H2,1-3H3,(H,32,36)/t25-,27+/m0/s1. The summed E-state index contributed by atoms with van der Waals surface area (Å²) in [5.41, 5.74) is 1.79. The smallest absolute Gasteiger partial charge is 0.268 e. The molecule has 0 spiro atoms. The Bertz CT molecular complexity index is 1540. The molecular formula is C29H34N4O6S. The summed E-state index contributed by atoms with van der Waals surface area (Å²) < 4.78 is 33.4. The van der Waals surface area contributed by atoms with Gasteiger partial charge in [0.05, 0.1) is 25.5 Å². The Balaban J connectivity index is 1.60. The molecule has 0 aliphatic carbocycles. The highest BCUT2D eigenvalue weighted by molar-refractivity contribution is 7.89. The predicted octanol–water partition coefficient (Wildman–Crippen LogP) is 3.33. The first-order chi connectivity index (χ1) is 19.1. The van der Waals surface area contributed by atoms with Crippen molar-refractivity contribution >= 4 is 26.8 Å². The highest BCUT2D eigenvalue weighted by atomic mass is 32.2. The Morgan fingerprint density at radius 2 is 1.82 bits per heavy atom. The van der Waals surface area contributed by atoms with Crippen molar-refractivity contribution in [3.63, 3.8) is 0 Å². The average molecular weight is 567 g/mol. The number of nitrogens with one attached hydrogen (secondary N) is 2. The van der Waals surface area contributed by atoms with Gasteiger partial charge in [0.2, 0.25) is 15.9 Å². The molecule has 0 unspecified atom stereocenters. The zero-order valence-electron chi connectivity index (χ0n) is 22.6. The van der Waals surface area contributed by atoms with Gasteiger partial charge in [-0.15, -0.1) is 0 Å². The zero-order chi connectivity index (χ0) is 28.9. The minimum atomic E-state index is -4.01. The fourth-order valence-corrected chi connectivity index (χ4v) is 6.01. The van der Waals surface area contributed by atoms with Crippen LogP contribution >= 0.6 is 0 Å². The summed E-state index contributed by atoms with van der Waals surface area (Å²) in [5.74, 6) is -0.132. The second-order valence-corrected chi connectivity index (χ2v) is 12.0. The van der Waals surface area contributed by atoms with Gasteiger partial charge in [-0.1, -0.05) is 44.2 Å². The maximum atomic E-state index is 13.6. The Morgan fingerprint density at radius 3 is 2.48 bits per heavy atom. The molecule has 212 valence electrons. The van der Waals surface area contributed by atoms with Gasteiger partial charge < -0.3 is 25.3 Å². The molecule has 10 nitrogen and oxygen atoms in total. The van der Waals surface area contributed by atoms with Gasteiger partial charge in [0.1, 0.15) is 16.3 Å². The third-order valence-electron chi connectivity index (χ3n) is 6.44. The summed E-state index contributed by atoms with van der Waals surface area (Å²) >= 11 is 0. The van der Waals surface area contributed by atoms with Crippen LogP contribution in [-0.2, 0) is 16.4 Å². The SMILES string of the molecule is COc1ccc(S(=O)(=O)N(CC(C)C)C[C@@H](O)[C@H](Cc2ccccc2)NC(=O)c2cc3cc(O)ccc3[nH]2)cn1. The molecule has 4 N–H and O–H groups in total. The van der Waals surface area contributed by atoms with Crippen LogP contribution in [0.15, 0.2) is 77.8 Å². The Morgan fingerprint density at radius 1 is 1.07 bits per heavy atom. The lowest BCUT2D eigenvalue weighted by atomic mass is 10.0. The van der Waals surface area contributed by atoms with Crippen LogP contribution in [0.5, 0.6) is 11.6 Å². The van der Waals surface area contributed by atoms with Crippen molar-refractivity contribution in [1.29, 1.82) is 0 Å². The van der Waals surface area contributed by atoms with E-state index in [9.17, 15) is 23.4 Å². The Hall–Kier alpha value is -3.93. The lowest BCUT2D eigenvalue weighted by molar-refractivity contribution is 0.0772. The van der Waals surface area contributed by atoms with Crippen LogP contribution < -0.4 is 10.1 Å². The number of methoxy groups -OCH3 is 1. The largest absolute Gasteiger partial charge is 0.508 e. The first-order valence-corrected chi connectivity index (χ1v) is 14.4. The lowest BCUT2D eigenvalue weighted by Gasteiger charge is -2.30. The second-order valence-electron chi connectivity index (χ2n) is 10.0. The maximum Gasteiger partial charge on any atom is 0.268 e. The number of aliphatic hydroxyl groups is 1. The molecule has 40 heavy (non-hydrogen) atoms. The quantitative estimate of drug-likeness (QED) is 0.206. The molecule has 0 bridgehead atoms. The summed E-state index contributed by atoms with van der Waals surface area (Å²) in [7, 11) is -2.57. The number of benzene rings is 2. The van der Waals surface area contributed by atoms with Gasteiger partial charge in [-0.2, -0.15) is 4.31 Å². The van der Waals surface area contributed by atoms with Crippen LogP contribution in [0.25, 0.3) is 10.9 Å². The first-order valence-electron chi connectivity index (χ1n) is 12.9. The van der Waals surface area contributed by atoms with Gasteiger partial charge in [-0.25, -0.2) is 13.4 Å². The Labute approximate surface area is 233 Å². The van der Waals surface area contributed by atoms with Gasteiger partial charge in [0.15, 0.2) is 0 Å². The fourth-order valence-electron chi connectivity index (χ4n) is 4.44. The number of carbonyl (C=O) groups excluding carboxylic acids is 1. The predicted molar refractivity (Wildman–Crippen MR) is 152 cm³/mol. The number of hydrogen-bond acceptors (Lipinski definition) is 7. The summed E-state index contributed by atoms with van der Waals surface area (Å²) in [4.78, 5) is 20.3. The molecule has 0 fully saturated rings. The molecule has 2 atom stereocenters. The molecule has 0 saturated heterocycles. The van der Waals surface area contributed by atoms with Crippen LogP contribution in [0, 0.1) is 5.92 Å². The van der Waals surface area contributed by atoms with Crippen LogP contribution in [0.1, 0.15) is 29.9 Å². The topological polar surface area (TPSA) is 145 Å². The summed E-state index contributed by atoms with van der Waals surface area (Å²) in [6.07, 6.45) is 0.261. The van der Waals surface area contributed by atoms with Crippen LogP contribution in [0.4, 0.5) is 0 Å². The van der Waals surface area contributed by atoms with E-state index in [0.717, 1.165) is 5.56 Å². The van der Waals surface area contributed by atoms with E-state index in [0.29, 0.717) is 10.9 Å². The Kier molecular flexibility index (Phi) is 9.08. The van der Waals surface area contributed by atoms with E-state index in [-0.39, 0.29) is 47.6 Å². The number of pyridine rings is 1. The van der Waals surface area contributed by atoms with Crippen molar-refractivity contribution in [1.82, 2.24) is 19.6 Å². The number of fused-ring (bicyclic) bond motifs is 1. The minimum absolute atomic E-state index is 0.0221. The van der Waals surface area contributed by atoms with Crippen LogP contribution in [-0.4, -0.2) is 71.2 Å². The van der Waals surface area contributed by atoms with Gasteiger partial charge >= 0.3 is 0 Å². The molecule has 2 aromatic heterocycles. The van der Waals surface area contributed by atoms with Gasteiger partial charge in [-0.05, 0) is 48.2 Å². The number of aromatic amines is 1. The summed E-state index contributed by atoms with van der Waals surface area (Å²) in [6.45, 7) is 3.68. The normalized spacial score (nSPS) is 13.4. The van der Waals surface area contributed by atoms with Gasteiger partial charge in [0.25, 0.3) is 5.91 Å². The number of phenolic OH excluding ortho intramolecular Hbond substituents is 1. The van der Waals surface area contributed by atoms with Gasteiger partial charge in [-0.3, -0.25) is 4.79 Å². The van der Waals surface area contributed by atoms with Crippen molar-refractivity contribution < 1.29 is 28.2 Å². The number of amides is 1. The highest BCUT2D eigenvalue weighted by Crippen LogP contribution is 2.22. The highest BCUT2D eigenvalue weighted by Gasteiger charge is 2.32. The number of phenols is 1. The molecule has 4 aromatic rings. The van der Waals surface area contributed by atoms with Crippen molar-refractivity contribution in [3.8, 4) is 11.6 Å². The number of carbonyl (C=O) groups is 1. The van der Waals surface area contributed by atoms with E-state index in [1.54, 1.807) is 18.2 Å². The first kappa shape index (κ1) is 29.1. The lowest BCUT2D eigenvalue weighted by Crippen LogP contribution is -2.51. The monoisotopic (exact) mass is 566 g/mol. The molecule has 0 aliphatic rings. The summed E-state index contributed by atoms with van der Waals surface area (Å²) in [6, 6.07) is 17.8. The van der Waals surface area contributed by atoms with Crippen LogP contribution in [0.2, 0.25) is 0 Å². The van der Waals surface area contributed by atoms with Crippen molar-refractivity contribution in [2.75, 3.05) is 20.2 Å². The number of sulfonamides is 1. The third-order valence-corrected chi connectivity index (χ3v) is 8.26. The molecule has 0 radical (unpaired) electrons. The average Bonchev–Trinajstić information content (AvgIpc) is 3.36. The number of aliphatic hydroxyl groups excluding tert-OH is 1. The van der Waals surface area contributed by atoms with Crippen molar-refractivity contribution in [2.24, 2.45) is 5.92 Å². The molecular weight excluding hydrogens is 532 g/mol. The van der Waals surface area contributed by atoms with E-state index in [1.807, 2.05) is 44.2 Å². The van der Waals surface area contributed by atoms with E-state index in [1.165, 1.54) is 35.8 Å². The molecule has 0 aliphatic heterocycles.